The number of carbonyl (C=O) groups excluding carboxylic acids is 1. The van der Waals surface area contributed by atoms with E-state index in [1.807, 2.05) is 0 Å². The fraction of sp³-hybridized carbons (Fsp3) is 0.556. The van der Waals surface area contributed by atoms with Gasteiger partial charge in [-0.05, 0) is 37.0 Å². The molecule has 0 bridgehead atoms. The molecule has 0 heterocycles. The second kappa shape index (κ2) is 8.51. The van der Waals surface area contributed by atoms with Gasteiger partial charge in [0.1, 0.15) is 6.54 Å². The van der Waals surface area contributed by atoms with E-state index in [1.165, 1.54) is 18.4 Å². The third kappa shape index (κ3) is 5.23. The van der Waals surface area contributed by atoms with E-state index in [0.717, 1.165) is 24.0 Å². The van der Waals surface area contributed by atoms with E-state index in [9.17, 15) is 4.79 Å². The third-order valence-corrected chi connectivity index (χ3v) is 4.79. The summed E-state index contributed by atoms with van der Waals surface area (Å²) in [5, 5.41) is 6.71. The zero-order valence-electron chi connectivity index (χ0n) is 14.7. The number of carbonyl (C=O) groups is 1. The van der Waals surface area contributed by atoms with E-state index >= 15 is 0 Å². The maximum atomic E-state index is 11.8. The van der Waals surface area contributed by atoms with Gasteiger partial charge in [-0.1, -0.05) is 35.0 Å². The molecular weight excluding hydrogens is 368 g/mol. The predicted octanol–water partition coefficient (Wildman–Crippen LogP) is 2.51. The lowest BCUT2D eigenvalue weighted by Crippen LogP contribution is -2.42. The topological polar surface area (TPSA) is 56.7 Å². The summed E-state index contributed by atoms with van der Waals surface area (Å²) in [5.74, 6) is 0.717. The van der Waals surface area contributed by atoms with Crippen molar-refractivity contribution in [3.63, 3.8) is 0 Å². The molecule has 1 aromatic carbocycles. The van der Waals surface area contributed by atoms with Crippen molar-refractivity contribution in [2.24, 2.45) is 4.99 Å². The lowest BCUT2D eigenvalue weighted by Gasteiger charge is -2.19. The van der Waals surface area contributed by atoms with Gasteiger partial charge in [-0.3, -0.25) is 4.79 Å². The Morgan fingerprint density at radius 3 is 2.67 bits per heavy atom. The predicted molar refractivity (Wildman–Crippen MR) is 102 cm³/mol. The van der Waals surface area contributed by atoms with Crippen molar-refractivity contribution < 1.29 is 4.79 Å². The first-order valence-electron chi connectivity index (χ1n) is 8.45. The van der Waals surface area contributed by atoms with Crippen molar-refractivity contribution in [2.45, 2.75) is 31.6 Å². The zero-order chi connectivity index (χ0) is 17.6. The molecule has 132 valence electrons. The summed E-state index contributed by atoms with van der Waals surface area (Å²) < 4.78 is 1.11. The first-order valence-corrected chi connectivity index (χ1v) is 9.24. The van der Waals surface area contributed by atoms with Crippen molar-refractivity contribution in [3.8, 4) is 0 Å². The smallest absolute Gasteiger partial charge is 0.243 e. The molecule has 0 radical (unpaired) electrons. The number of guanidine groups is 1. The Hall–Kier alpha value is -1.56. The van der Waals surface area contributed by atoms with Crippen molar-refractivity contribution in [1.82, 2.24) is 15.5 Å². The molecule has 0 aromatic heterocycles. The van der Waals surface area contributed by atoms with Crippen LogP contribution < -0.4 is 10.6 Å². The summed E-state index contributed by atoms with van der Waals surface area (Å²) in [7, 11) is 3.49. The molecule has 2 rings (SSSR count). The van der Waals surface area contributed by atoms with E-state index in [0.29, 0.717) is 5.96 Å². The Morgan fingerprint density at radius 2 is 2.08 bits per heavy atom. The van der Waals surface area contributed by atoms with Crippen molar-refractivity contribution >= 4 is 27.8 Å². The molecule has 0 unspecified atom stereocenters. The van der Waals surface area contributed by atoms with E-state index in [4.69, 9.17) is 0 Å². The minimum atomic E-state index is 0.000670. The summed E-state index contributed by atoms with van der Waals surface area (Å²) in [5.41, 5.74) is 1.54. The largest absolute Gasteiger partial charge is 0.356 e. The Bertz CT molecular complexity index is 596. The van der Waals surface area contributed by atoms with Crippen LogP contribution in [0, 0.1) is 0 Å². The van der Waals surface area contributed by atoms with Gasteiger partial charge < -0.3 is 15.5 Å². The summed E-state index contributed by atoms with van der Waals surface area (Å²) in [4.78, 5) is 17.7. The normalized spacial score (nSPS) is 15.8. The molecule has 1 aliphatic rings. The average molecular weight is 395 g/mol. The number of amides is 1. The molecule has 1 saturated carbocycles. The first kappa shape index (κ1) is 18.8. The van der Waals surface area contributed by atoms with Gasteiger partial charge in [-0.15, -0.1) is 0 Å². The number of nitrogens with one attached hydrogen (secondary N) is 2. The lowest BCUT2D eigenvalue weighted by atomic mass is 9.96. The second-order valence-corrected chi connectivity index (χ2v) is 7.44. The van der Waals surface area contributed by atoms with Crippen LogP contribution in [0.3, 0.4) is 0 Å². The highest BCUT2D eigenvalue weighted by Crippen LogP contribution is 2.48. The lowest BCUT2D eigenvalue weighted by molar-refractivity contribution is -0.127. The molecular formula is C18H27BrN4O. The maximum Gasteiger partial charge on any atom is 0.243 e. The van der Waals surface area contributed by atoms with Crippen LogP contribution in [0.5, 0.6) is 0 Å². The van der Waals surface area contributed by atoms with Crippen LogP contribution in [0.25, 0.3) is 0 Å². The van der Waals surface area contributed by atoms with E-state index < -0.39 is 0 Å². The minimum Gasteiger partial charge on any atom is -0.356 e. The second-order valence-electron chi connectivity index (χ2n) is 6.52. The fourth-order valence-electron chi connectivity index (χ4n) is 2.50. The van der Waals surface area contributed by atoms with Crippen LogP contribution in [0.2, 0.25) is 0 Å². The average Bonchev–Trinajstić information content (AvgIpc) is 3.35. The standard InChI is InChI=1S/C18H27BrN4O/c1-4-10-20-17(21-12-16(24)23(2)3)22-13-18(8-9-18)14-6-5-7-15(19)11-14/h5-7,11H,4,8-10,12-13H2,1-3H3,(H2,20,21,22). The molecule has 0 aliphatic heterocycles. The van der Waals surface area contributed by atoms with Gasteiger partial charge in [0, 0.05) is 37.1 Å². The maximum absolute atomic E-state index is 11.8. The van der Waals surface area contributed by atoms with Gasteiger partial charge in [-0.2, -0.15) is 0 Å². The number of nitrogens with zero attached hydrogens (tertiary/aromatic N) is 2. The number of aliphatic imine (C=N–C) groups is 1. The zero-order valence-corrected chi connectivity index (χ0v) is 16.3. The quantitative estimate of drug-likeness (QED) is 0.551. The minimum absolute atomic E-state index is 0.000670. The van der Waals surface area contributed by atoms with Crippen molar-refractivity contribution in [1.29, 1.82) is 0 Å². The van der Waals surface area contributed by atoms with Crippen molar-refractivity contribution in [3.05, 3.63) is 34.3 Å². The number of hydrogen-bond acceptors (Lipinski definition) is 2. The van der Waals surface area contributed by atoms with Crippen LogP contribution >= 0.6 is 15.9 Å². The van der Waals surface area contributed by atoms with Gasteiger partial charge >= 0.3 is 0 Å². The molecule has 0 spiro atoms. The number of likely N-dealkylation sites (N-methyl/N-ethyl adjacent to an activating group) is 1. The molecule has 1 aromatic rings. The summed E-state index contributed by atoms with van der Waals surface area (Å²) >= 11 is 3.55. The summed E-state index contributed by atoms with van der Waals surface area (Å²) in [6, 6.07) is 8.51. The Morgan fingerprint density at radius 1 is 1.33 bits per heavy atom. The van der Waals surface area contributed by atoms with Crippen LogP contribution in [0.1, 0.15) is 31.7 Å². The van der Waals surface area contributed by atoms with Crippen LogP contribution in [-0.2, 0) is 10.2 Å². The Balaban J connectivity index is 1.99. The number of hydrogen-bond donors (Lipinski definition) is 2. The highest BCUT2D eigenvalue weighted by atomic mass is 79.9. The summed E-state index contributed by atoms with van der Waals surface area (Å²) in [6.45, 7) is 3.94. The molecule has 1 aliphatic carbocycles. The third-order valence-electron chi connectivity index (χ3n) is 4.30. The number of rotatable bonds is 7. The molecule has 1 fully saturated rings. The van der Waals surface area contributed by atoms with Crippen molar-refractivity contribution in [2.75, 3.05) is 33.7 Å². The van der Waals surface area contributed by atoms with Gasteiger partial charge in [0.2, 0.25) is 5.91 Å². The molecule has 2 N–H and O–H groups in total. The van der Waals surface area contributed by atoms with Gasteiger partial charge in [0.05, 0.1) is 0 Å². The van der Waals surface area contributed by atoms with Gasteiger partial charge in [0.15, 0.2) is 5.96 Å². The Labute approximate surface area is 153 Å². The highest BCUT2D eigenvalue weighted by Gasteiger charge is 2.44. The molecule has 0 atom stereocenters. The number of halogens is 1. The SMILES string of the molecule is CCCNC(=NCC(=O)N(C)C)NCC1(c2cccc(Br)c2)CC1. The molecule has 24 heavy (non-hydrogen) atoms. The first-order chi connectivity index (χ1) is 11.5. The molecule has 0 saturated heterocycles. The van der Waals surface area contributed by atoms with Crippen LogP contribution in [0.15, 0.2) is 33.7 Å². The van der Waals surface area contributed by atoms with Crippen LogP contribution in [0.4, 0.5) is 0 Å². The molecule has 6 heteroatoms. The van der Waals surface area contributed by atoms with E-state index in [2.05, 4.69) is 62.7 Å². The molecule has 1 amide bonds. The Kier molecular flexibility index (Phi) is 6.66. The van der Waals surface area contributed by atoms with E-state index in [1.54, 1.807) is 19.0 Å². The van der Waals surface area contributed by atoms with E-state index in [-0.39, 0.29) is 17.9 Å². The van der Waals surface area contributed by atoms with Gasteiger partial charge in [0.25, 0.3) is 0 Å². The summed E-state index contributed by atoms with van der Waals surface area (Å²) in [6.07, 6.45) is 3.36. The molecule has 5 nitrogen and oxygen atoms in total. The number of benzene rings is 1. The van der Waals surface area contributed by atoms with Crippen LogP contribution in [-0.4, -0.2) is 50.5 Å². The highest BCUT2D eigenvalue weighted by molar-refractivity contribution is 9.10. The fourth-order valence-corrected chi connectivity index (χ4v) is 2.89. The van der Waals surface area contributed by atoms with Gasteiger partial charge in [-0.25, -0.2) is 4.99 Å². The monoisotopic (exact) mass is 394 g/mol.